The molecule has 0 spiro atoms. The van der Waals surface area contributed by atoms with Crippen molar-refractivity contribution in [3.63, 3.8) is 0 Å². The minimum Gasteiger partial charge on any atom is -0.427 e. The molecule has 0 N–H and O–H groups in total. The van der Waals surface area contributed by atoms with Crippen LogP contribution in [0.25, 0.3) is 11.1 Å². The molecule has 24 heavy (non-hydrogen) atoms. The zero-order chi connectivity index (χ0) is 16.8. The van der Waals surface area contributed by atoms with Gasteiger partial charge in [0.1, 0.15) is 5.75 Å². The Hall–Kier alpha value is -1.81. The van der Waals surface area contributed by atoms with Gasteiger partial charge in [-0.2, -0.15) is 0 Å². The highest BCUT2D eigenvalue weighted by atomic mass is 127. The first kappa shape index (κ1) is 17.0. The molecule has 0 fully saturated rings. The molecule has 2 heteroatoms. The van der Waals surface area contributed by atoms with Crippen molar-refractivity contribution in [2.75, 3.05) is 0 Å². The van der Waals surface area contributed by atoms with E-state index in [1.54, 1.807) is 0 Å². The molecule has 0 atom stereocenters. The molecule has 0 saturated heterocycles. The van der Waals surface area contributed by atoms with E-state index in [1.807, 2.05) is 35.1 Å². The molecule has 0 bridgehead atoms. The number of benzene rings is 3. The summed E-state index contributed by atoms with van der Waals surface area (Å²) in [5.41, 5.74) is 6.55. The second-order valence-corrected chi connectivity index (χ2v) is 6.37. The Morgan fingerprint density at radius 3 is 1.88 bits per heavy atom. The summed E-state index contributed by atoms with van der Waals surface area (Å²) in [6.07, 6.45) is 3.09. The molecule has 0 saturated carbocycles. The normalized spacial score (nSPS) is 10.6. The van der Waals surface area contributed by atoms with Crippen molar-refractivity contribution < 1.29 is 3.07 Å². The molecule has 0 aliphatic carbocycles. The zero-order valence-corrected chi connectivity index (χ0v) is 16.0. The molecule has 122 valence electrons. The number of para-hydroxylation sites is 1. The monoisotopic (exact) mass is 428 g/mol. The zero-order valence-electron chi connectivity index (χ0n) is 13.8. The molecular weight excluding hydrogens is 407 g/mol. The summed E-state index contributed by atoms with van der Waals surface area (Å²) in [6, 6.07) is 26.0. The van der Waals surface area contributed by atoms with Gasteiger partial charge in [-0.15, -0.1) is 0 Å². The van der Waals surface area contributed by atoms with E-state index >= 15 is 0 Å². The highest BCUT2D eigenvalue weighted by Crippen LogP contribution is 2.24. The Labute approximate surface area is 158 Å². The number of hydrogen-bond acceptors (Lipinski definition) is 1. The van der Waals surface area contributed by atoms with E-state index in [4.69, 9.17) is 3.07 Å². The van der Waals surface area contributed by atoms with Crippen molar-refractivity contribution in [3.8, 4) is 16.9 Å². The van der Waals surface area contributed by atoms with Crippen molar-refractivity contribution >= 4 is 23.0 Å². The maximum absolute atomic E-state index is 5.40. The topological polar surface area (TPSA) is 9.23 Å². The van der Waals surface area contributed by atoms with Crippen molar-refractivity contribution in [1.29, 1.82) is 0 Å². The second kappa shape index (κ2) is 8.34. The Bertz CT molecular complexity index is 776. The molecule has 0 aromatic heterocycles. The lowest BCUT2D eigenvalue weighted by Gasteiger charge is -2.08. The van der Waals surface area contributed by atoms with Gasteiger partial charge in [0.05, 0.1) is 0 Å². The van der Waals surface area contributed by atoms with E-state index < -0.39 is 0 Å². The first-order chi connectivity index (χ1) is 11.8. The molecule has 0 aliphatic heterocycles. The van der Waals surface area contributed by atoms with Crippen LogP contribution in [0.2, 0.25) is 0 Å². The number of hydrogen-bond donors (Lipinski definition) is 0. The van der Waals surface area contributed by atoms with Crippen LogP contribution in [0, 0.1) is 0 Å². The summed E-state index contributed by atoms with van der Waals surface area (Å²) in [4.78, 5) is 0. The second-order valence-electron chi connectivity index (χ2n) is 5.93. The molecule has 3 rings (SSSR count). The number of rotatable bonds is 6. The van der Waals surface area contributed by atoms with Crippen LogP contribution in [0.1, 0.15) is 23.6 Å². The lowest BCUT2D eigenvalue weighted by atomic mass is 9.99. The fourth-order valence-electron chi connectivity index (χ4n) is 2.86. The van der Waals surface area contributed by atoms with E-state index in [1.165, 1.54) is 27.8 Å². The van der Waals surface area contributed by atoms with Crippen molar-refractivity contribution in [3.05, 3.63) is 89.5 Å². The Balaban J connectivity index is 1.68. The first-order valence-electron chi connectivity index (χ1n) is 8.35. The summed E-state index contributed by atoms with van der Waals surface area (Å²) >= 11 is 1.95. The number of aryl methyl sites for hydroxylation is 3. The van der Waals surface area contributed by atoms with Gasteiger partial charge >= 0.3 is 0 Å². The van der Waals surface area contributed by atoms with E-state index in [0.717, 1.165) is 25.0 Å². The van der Waals surface area contributed by atoms with Gasteiger partial charge in [-0.3, -0.25) is 0 Å². The molecule has 1 nitrogen and oxygen atoms in total. The minimum absolute atomic E-state index is 0.964. The van der Waals surface area contributed by atoms with Crippen molar-refractivity contribution in [2.24, 2.45) is 0 Å². The third-order valence-electron chi connectivity index (χ3n) is 4.39. The van der Waals surface area contributed by atoms with Gasteiger partial charge in [-0.1, -0.05) is 73.7 Å². The van der Waals surface area contributed by atoms with Crippen molar-refractivity contribution in [2.45, 2.75) is 26.2 Å². The maximum Gasteiger partial charge on any atom is 0.192 e. The molecule has 0 unspecified atom stereocenters. The van der Waals surface area contributed by atoms with E-state index in [0.29, 0.717) is 0 Å². The quantitative estimate of drug-likeness (QED) is 0.411. The van der Waals surface area contributed by atoms with Crippen LogP contribution in [0.5, 0.6) is 5.75 Å². The van der Waals surface area contributed by atoms with Crippen LogP contribution in [-0.4, -0.2) is 0 Å². The number of halogens is 1. The van der Waals surface area contributed by atoms with Gasteiger partial charge in [0.2, 0.25) is 0 Å². The Morgan fingerprint density at radius 2 is 1.29 bits per heavy atom. The SMILES string of the molecule is CCc1ccc(-c2ccc(CCc3ccccc3OI)cc2)cc1. The van der Waals surface area contributed by atoms with Crippen LogP contribution in [0.3, 0.4) is 0 Å². The molecule has 0 amide bonds. The summed E-state index contributed by atoms with van der Waals surface area (Å²) in [7, 11) is 0. The van der Waals surface area contributed by atoms with Crippen LogP contribution in [0.4, 0.5) is 0 Å². The lowest BCUT2D eigenvalue weighted by molar-refractivity contribution is 0.698. The van der Waals surface area contributed by atoms with Gasteiger partial charge < -0.3 is 3.07 Å². The van der Waals surface area contributed by atoms with Gasteiger partial charge in [0.15, 0.2) is 23.0 Å². The highest BCUT2D eigenvalue weighted by molar-refractivity contribution is 14.1. The Kier molecular flexibility index (Phi) is 5.91. The third-order valence-corrected chi connectivity index (χ3v) is 4.86. The third kappa shape index (κ3) is 4.18. The largest absolute Gasteiger partial charge is 0.427 e. The maximum atomic E-state index is 5.40. The van der Waals surface area contributed by atoms with Gasteiger partial charge in [0.25, 0.3) is 0 Å². The van der Waals surface area contributed by atoms with E-state index in [-0.39, 0.29) is 0 Å². The summed E-state index contributed by atoms with van der Waals surface area (Å²) in [5, 5.41) is 0. The summed E-state index contributed by atoms with van der Waals surface area (Å²) < 4.78 is 5.40. The minimum atomic E-state index is 0.964. The van der Waals surface area contributed by atoms with Crippen LogP contribution in [0.15, 0.2) is 72.8 Å². The lowest BCUT2D eigenvalue weighted by Crippen LogP contribution is -1.93. The van der Waals surface area contributed by atoms with E-state index in [9.17, 15) is 0 Å². The predicted octanol–water partition coefficient (Wildman–Crippen LogP) is 6.43. The fourth-order valence-corrected chi connectivity index (χ4v) is 3.29. The highest BCUT2D eigenvalue weighted by Gasteiger charge is 2.04. The van der Waals surface area contributed by atoms with Crippen LogP contribution in [-0.2, 0) is 19.3 Å². The van der Waals surface area contributed by atoms with E-state index in [2.05, 4.69) is 67.6 Å². The molecule has 0 heterocycles. The first-order valence-corrected chi connectivity index (χ1v) is 9.23. The summed E-state index contributed by atoms with van der Waals surface area (Å²) in [6.45, 7) is 2.19. The molecule has 0 radical (unpaired) electrons. The van der Waals surface area contributed by atoms with Crippen LogP contribution >= 0.6 is 23.0 Å². The molecule has 0 aliphatic rings. The average molecular weight is 428 g/mol. The standard InChI is InChI=1S/C22H21IO/c1-2-17-7-12-19(13-8-17)20-14-9-18(10-15-20)11-16-21-5-3-4-6-22(21)24-23/h3-10,12-15H,2,11,16H2,1H3. The Morgan fingerprint density at radius 1 is 0.708 bits per heavy atom. The smallest absolute Gasteiger partial charge is 0.192 e. The van der Waals surface area contributed by atoms with Crippen LogP contribution < -0.4 is 3.07 Å². The van der Waals surface area contributed by atoms with Crippen molar-refractivity contribution in [1.82, 2.24) is 0 Å². The van der Waals surface area contributed by atoms with Gasteiger partial charge in [-0.05, 0) is 53.1 Å². The van der Waals surface area contributed by atoms with Gasteiger partial charge in [0, 0.05) is 0 Å². The fraction of sp³-hybridized carbons (Fsp3) is 0.182. The molecular formula is C22H21IO. The molecule has 3 aromatic carbocycles. The summed E-state index contributed by atoms with van der Waals surface area (Å²) in [5.74, 6) is 0.964. The predicted molar refractivity (Wildman–Crippen MR) is 110 cm³/mol. The average Bonchev–Trinajstić information content (AvgIpc) is 2.67. The van der Waals surface area contributed by atoms with Gasteiger partial charge in [-0.25, -0.2) is 0 Å². The molecule has 3 aromatic rings.